The Hall–Kier alpha value is -3.55. The molecular formula is C23H28N2O6. The first-order chi connectivity index (χ1) is 15.0. The number of amides is 2. The number of nitrogens with two attached hydrogens (primary N) is 1. The van der Waals surface area contributed by atoms with Crippen LogP contribution in [0.1, 0.15) is 37.0 Å². The summed E-state index contributed by atoms with van der Waals surface area (Å²) in [6.07, 6.45) is 0.830. The van der Waals surface area contributed by atoms with Crippen molar-refractivity contribution in [2.45, 2.75) is 26.7 Å². The lowest BCUT2D eigenvalue weighted by Crippen LogP contribution is -2.37. The average molecular weight is 428 g/mol. The second kappa shape index (κ2) is 12.2. The lowest BCUT2D eigenvalue weighted by atomic mass is 10.2. The highest BCUT2D eigenvalue weighted by Crippen LogP contribution is 2.29. The fraction of sp³-hybridized carbons (Fsp3) is 0.348. The number of anilines is 1. The number of carbonyl (C=O) groups excluding carboxylic acids is 3. The number of ether oxygens (including phenoxy) is 3. The molecule has 2 amide bonds. The predicted molar refractivity (Wildman–Crippen MR) is 116 cm³/mol. The third kappa shape index (κ3) is 7.33. The number of para-hydroxylation sites is 1. The summed E-state index contributed by atoms with van der Waals surface area (Å²) in [6, 6.07) is 13.5. The third-order valence-electron chi connectivity index (χ3n) is 4.22. The van der Waals surface area contributed by atoms with E-state index in [0.717, 1.165) is 6.42 Å². The first kappa shape index (κ1) is 23.7. The Morgan fingerprint density at radius 2 is 1.71 bits per heavy atom. The summed E-state index contributed by atoms with van der Waals surface area (Å²) >= 11 is 0. The fourth-order valence-electron chi connectivity index (χ4n) is 2.75. The largest absolute Gasteiger partial charge is 0.490 e. The Bertz CT molecular complexity index is 885. The van der Waals surface area contributed by atoms with Gasteiger partial charge in [-0.15, -0.1) is 0 Å². The van der Waals surface area contributed by atoms with Gasteiger partial charge in [0.25, 0.3) is 5.91 Å². The fourth-order valence-corrected chi connectivity index (χ4v) is 2.75. The van der Waals surface area contributed by atoms with Crippen LogP contribution in [0.3, 0.4) is 0 Å². The maximum Gasteiger partial charge on any atom is 0.338 e. The summed E-state index contributed by atoms with van der Waals surface area (Å²) < 4.78 is 16.4. The molecule has 2 aromatic carbocycles. The standard InChI is InChI=1S/C23H28N2O6/c1-3-14-30-19-11-10-17(15-20(19)29-4-2)23(28)31-16-22(27)25(13-12-21(24)26)18-8-6-5-7-9-18/h5-11,15H,3-4,12-14,16H2,1-2H3,(H2,24,26). The number of benzene rings is 2. The Kier molecular flexibility index (Phi) is 9.35. The molecule has 8 nitrogen and oxygen atoms in total. The summed E-state index contributed by atoms with van der Waals surface area (Å²) in [4.78, 5) is 37.7. The Morgan fingerprint density at radius 1 is 0.968 bits per heavy atom. The van der Waals surface area contributed by atoms with Gasteiger partial charge in [-0.05, 0) is 43.7 Å². The number of hydrogen-bond acceptors (Lipinski definition) is 6. The second-order valence-corrected chi connectivity index (χ2v) is 6.62. The number of hydrogen-bond donors (Lipinski definition) is 1. The molecule has 0 aliphatic rings. The molecule has 2 N–H and O–H groups in total. The summed E-state index contributed by atoms with van der Waals surface area (Å²) in [5.74, 6) is -0.685. The van der Waals surface area contributed by atoms with Crippen LogP contribution in [0.5, 0.6) is 11.5 Å². The molecule has 0 radical (unpaired) electrons. The highest BCUT2D eigenvalue weighted by Gasteiger charge is 2.19. The van der Waals surface area contributed by atoms with Gasteiger partial charge in [-0.1, -0.05) is 25.1 Å². The van der Waals surface area contributed by atoms with E-state index in [2.05, 4.69) is 0 Å². The van der Waals surface area contributed by atoms with Crippen LogP contribution in [0.2, 0.25) is 0 Å². The van der Waals surface area contributed by atoms with Crippen LogP contribution < -0.4 is 20.1 Å². The van der Waals surface area contributed by atoms with Crippen molar-refractivity contribution in [1.82, 2.24) is 0 Å². The highest BCUT2D eigenvalue weighted by atomic mass is 16.5. The van der Waals surface area contributed by atoms with Gasteiger partial charge in [-0.3, -0.25) is 9.59 Å². The monoisotopic (exact) mass is 428 g/mol. The summed E-state index contributed by atoms with van der Waals surface area (Å²) in [7, 11) is 0. The number of primary amides is 1. The molecule has 8 heteroatoms. The molecule has 0 aliphatic carbocycles. The van der Waals surface area contributed by atoms with Gasteiger partial charge in [0.1, 0.15) is 0 Å². The number of nitrogens with zero attached hydrogens (tertiary/aromatic N) is 1. The SMILES string of the molecule is CCCOc1ccc(C(=O)OCC(=O)N(CCC(N)=O)c2ccccc2)cc1OCC. The molecule has 2 rings (SSSR count). The van der Waals surface area contributed by atoms with E-state index in [9.17, 15) is 14.4 Å². The van der Waals surface area contributed by atoms with E-state index >= 15 is 0 Å². The van der Waals surface area contributed by atoms with Crippen molar-refractivity contribution in [2.24, 2.45) is 5.73 Å². The first-order valence-corrected chi connectivity index (χ1v) is 10.2. The summed E-state index contributed by atoms with van der Waals surface area (Å²) in [5, 5.41) is 0. The molecule has 0 atom stereocenters. The molecule has 0 saturated carbocycles. The van der Waals surface area contributed by atoms with Crippen LogP contribution >= 0.6 is 0 Å². The van der Waals surface area contributed by atoms with E-state index in [0.29, 0.717) is 30.4 Å². The quantitative estimate of drug-likeness (QED) is 0.521. The average Bonchev–Trinajstić information content (AvgIpc) is 2.77. The van der Waals surface area contributed by atoms with E-state index in [1.807, 2.05) is 19.9 Å². The Labute approximate surface area is 181 Å². The zero-order valence-corrected chi connectivity index (χ0v) is 17.8. The lowest BCUT2D eigenvalue weighted by molar-refractivity contribution is -0.121. The van der Waals surface area contributed by atoms with E-state index in [1.165, 1.54) is 11.0 Å². The molecule has 0 aliphatic heterocycles. The van der Waals surface area contributed by atoms with Crippen LogP contribution in [-0.2, 0) is 14.3 Å². The molecule has 2 aromatic rings. The molecular weight excluding hydrogens is 400 g/mol. The molecule has 31 heavy (non-hydrogen) atoms. The van der Waals surface area contributed by atoms with Gasteiger partial charge in [-0.25, -0.2) is 4.79 Å². The van der Waals surface area contributed by atoms with E-state index in [-0.39, 0.29) is 18.5 Å². The Balaban J connectivity index is 2.07. The van der Waals surface area contributed by atoms with Crippen molar-refractivity contribution >= 4 is 23.5 Å². The minimum Gasteiger partial charge on any atom is -0.490 e. The lowest BCUT2D eigenvalue weighted by Gasteiger charge is -2.22. The smallest absolute Gasteiger partial charge is 0.338 e. The summed E-state index contributed by atoms with van der Waals surface area (Å²) in [6.45, 7) is 4.37. The molecule has 0 heterocycles. The van der Waals surface area contributed by atoms with Gasteiger partial charge in [-0.2, -0.15) is 0 Å². The second-order valence-electron chi connectivity index (χ2n) is 6.62. The first-order valence-electron chi connectivity index (χ1n) is 10.2. The summed E-state index contributed by atoms with van der Waals surface area (Å²) in [5.41, 5.74) is 6.04. The molecule has 0 spiro atoms. The molecule has 0 unspecified atom stereocenters. The predicted octanol–water partition coefficient (Wildman–Crippen LogP) is 2.94. The van der Waals surface area contributed by atoms with E-state index in [4.69, 9.17) is 19.9 Å². The molecule has 0 bridgehead atoms. The molecule has 166 valence electrons. The maximum absolute atomic E-state index is 12.7. The number of carbonyl (C=O) groups is 3. The van der Waals surface area contributed by atoms with Gasteiger partial charge < -0.3 is 24.8 Å². The molecule has 0 aromatic heterocycles. The zero-order chi connectivity index (χ0) is 22.6. The topological polar surface area (TPSA) is 108 Å². The van der Waals surface area contributed by atoms with Crippen LogP contribution in [-0.4, -0.2) is 44.1 Å². The maximum atomic E-state index is 12.7. The number of rotatable bonds is 12. The highest BCUT2D eigenvalue weighted by molar-refractivity contribution is 5.97. The van der Waals surface area contributed by atoms with Crippen molar-refractivity contribution in [2.75, 3.05) is 31.3 Å². The third-order valence-corrected chi connectivity index (χ3v) is 4.22. The van der Waals surface area contributed by atoms with Crippen LogP contribution in [0.15, 0.2) is 48.5 Å². The van der Waals surface area contributed by atoms with Gasteiger partial charge in [0.15, 0.2) is 18.1 Å². The van der Waals surface area contributed by atoms with E-state index in [1.54, 1.807) is 36.4 Å². The van der Waals surface area contributed by atoms with Crippen LogP contribution in [0, 0.1) is 0 Å². The van der Waals surface area contributed by atoms with Gasteiger partial charge in [0.05, 0.1) is 18.8 Å². The van der Waals surface area contributed by atoms with Crippen molar-refractivity contribution < 1.29 is 28.6 Å². The van der Waals surface area contributed by atoms with Gasteiger partial charge in [0, 0.05) is 18.7 Å². The van der Waals surface area contributed by atoms with Gasteiger partial charge in [0.2, 0.25) is 5.91 Å². The minimum atomic E-state index is -0.667. The minimum absolute atomic E-state index is 0.00841. The zero-order valence-electron chi connectivity index (χ0n) is 17.8. The number of esters is 1. The van der Waals surface area contributed by atoms with Crippen LogP contribution in [0.25, 0.3) is 0 Å². The van der Waals surface area contributed by atoms with Crippen molar-refractivity contribution in [1.29, 1.82) is 0 Å². The Morgan fingerprint density at radius 3 is 2.35 bits per heavy atom. The molecule has 0 saturated heterocycles. The normalized spacial score (nSPS) is 10.3. The van der Waals surface area contributed by atoms with Crippen molar-refractivity contribution in [3.05, 3.63) is 54.1 Å². The molecule has 0 fully saturated rings. The van der Waals surface area contributed by atoms with Crippen LogP contribution in [0.4, 0.5) is 5.69 Å². The van der Waals surface area contributed by atoms with Gasteiger partial charge >= 0.3 is 5.97 Å². The van der Waals surface area contributed by atoms with Crippen molar-refractivity contribution in [3.8, 4) is 11.5 Å². The van der Waals surface area contributed by atoms with E-state index < -0.39 is 24.4 Å². The van der Waals surface area contributed by atoms with Crippen molar-refractivity contribution in [3.63, 3.8) is 0 Å².